The zero-order valence-electron chi connectivity index (χ0n) is 11.8. The fourth-order valence-corrected chi connectivity index (χ4v) is 3.31. The number of anilines is 1. The maximum atomic E-state index is 12.1. The highest BCUT2D eigenvalue weighted by Gasteiger charge is 2.17. The van der Waals surface area contributed by atoms with Crippen molar-refractivity contribution in [2.24, 2.45) is 0 Å². The molecule has 0 spiro atoms. The summed E-state index contributed by atoms with van der Waals surface area (Å²) in [4.78, 5) is 0.298. The first-order valence-electron chi connectivity index (χ1n) is 7.07. The van der Waals surface area contributed by atoms with Crippen molar-refractivity contribution in [3.63, 3.8) is 0 Å². The molecule has 2 N–H and O–H groups in total. The van der Waals surface area contributed by atoms with Crippen molar-refractivity contribution >= 4 is 15.7 Å². The van der Waals surface area contributed by atoms with Crippen LogP contribution in [0.2, 0.25) is 0 Å². The third-order valence-electron chi connectivity index (χ3n) is 3.33. The predicted octanol–water partition coefficient (Wildman–Crippen LogP) is 1.97. The highest BCUT2D eigenvalue weighted by atomic mass is 32.2. The average Bonchev–Trinajstić information content (AvgIpc) is 2.93. The van der Waals surface area contributed by atoms with E-state index in [0.717, 1.165) is 38.1 Å². The van der Waals surface area contributed by atoms with Crippen molar-refractivity contribution < 1.29 is 13.2 Å². The molecule has 112 valence electrons. The summed E-state index contributed by atoms with van der Waals surface area (Å²) in [5.41, 5.74) is 0.922. The molecule has 1 aromatic rings. The van der Waals surface area contributed by atoms with E-state index in [1.54, 1.807) is 24.3 Å². The summed E-state index contributed by atoms with van der Waals surface area (Å²) in [6, 6.07) is 6.79. The molecule has 6 heteroatoms. The lowest BCUT2D eigenvalue weighted by Gasteiger charge is -2.11. The largest absolute Gasteiger partial charge is 0.385 e. The maximum Gasteiger partial charge on any atom is 0.240 e. The minimum Gasteiger partial charge on any atom is -0.385 e. The van der Waals surface area contributed by atoms with Gasteiger partial charge in [0, 0.05) is 25.4 Å². The fourth-order valence-electron chi connectivity index (χ4n) is 2.27. The van der Waals surface area contributed by atoms with Crippen molar-refractivity contribution in [2.45, 2.75) is 37.2 Å². The third kappa shape index (κ3) is 4.19. The minimum atomic E-state index is -3.42. The standard InChI is InChI=1S/C14H22N2O3S/c1-2-15-12-5-7-14(8-6-12)20(17,18)16-10-9-13-4-3-11-19-13/h5-8,13,15-16H,2-4,9-11H2,1H3. The van der Waals surface area contributed by atoms with Gasteiger partial charge in [-0.15, -0.1) is 0 Å². The number of sulfonamides is 1. The number of benzene rings is 1. The van der Waals surface area contributed by atoms with Crippen LogP contribution < -0.4 is 10.0 Å². The molecule has 0 saturated carbocycles. The first-order valence-corrected chi connectivity index (χ1v) is 8.55. The summed E-state index contributed by atoms with van der Waals surface area (Å²) >= 11 is 0. The Bertz CT molecular complexity index is 508. The molecule has 1 aliphatic rings. The van der Waals surface area contributed by atoms with Crippen LogP contribution in [0.1, 0.15) is 26.2 Å². The highest BCUT2D eigenvalue weighted by Crippen LogP contribution is 2.16. The molecule has 0 aromatic heterocycles. The van der Waals surface area contributed by atoms with Crippen molar-refractivity contribution in [1.82, 2.24) is 4.72 Å². The molecule has 2 rings (SSSR count). The Morgan fingerprint density at radius 1 is 1.30 bits per heavy atom. The zero-order valence-corrected chi connectivity index (χ0v) is 12.6. The quantitative estimate of drug-likeness (QED) is 0.807. The van der Waals surface area contributed by atoms with E-state index in [1.165, 1.54) is 0 Å². The second-order valence-corrected chi connectivity index (χ2v) is 6.64. The number of ether oxygens (including phenoxy) is 1. The minimum absolute atomic E-state index is 0.203. The fraction of sp³-hybridized carbons (Fsp3) is 0.571. The molecule has 1 aliphatic heterocycles. The lowest BCUT2D eigenvalue weighted by atomic mass is 10.2. The van der Waals surface area contributed by atoms with Crippen LogP contribution in [0.4, 0.5) is 5.69 Å². The smallest absolute Gasteiger partial charge is 0.240 e. The second kappa shape index (κ2) is 7.06. The van der Waals surface area contributed by atoms with E-state index in [4.69, 9.17) is 4.74 Å². The molecule has 5 nitrogen and oxygen atoms in total. The number of hydrogen-bond acceptors (Lipinski definition) is 4. The molecule has 0 bridgehead atoms. The third-order valence-corrected chi connectivity index (χ3v) is 4.80. The van der Waals surface area contributed by atoms with Crippen LogP contribution in [0, 0.1) is 0 Å². The second-order valence-electron chi connectivity index (χ2n) is 4.88. The molecule has 1 fully saturated rings. The Morgan fingerprint density at radius 3 is 2.65 bits per heavy atom. The zero-order chi connectivity index (χ0) is 14.4. The maximum absolute atomic E-state index is 12.1. The van der Waals surface area contributed by atoms with Crippen LogP contribution in [0.25, 0.3) is 0 Å². The van der Waals surface area contributed by atoms with Crippen molar-refractivity contribution in [3.05, 3.63) is 24.3 Å². The lowest BCUT2D eigenvalue weighted by molar-refractivity contribution is 0.105. The van der Waals surface area contributed by atoms with E-state index < -0.39 is 10.0 Å². The van der Waals surface area contributed by atoms with E-state index in [1.807, 2.05) is 6.92 Å². The van der Waals surface area contributed by atoms with Gasteiger partial charge in [-0.05, 0) is 50.5 Å². The van der Waals surface area contributed by atoms with Crippen molar-refractivity contribution in [1.29, 1.82) is 0 Å². The average molecular weight is 298 g/mol. The molecule has 1 aromatic carbocycles. The van der Waals surface area contributed by atoms with Gasteiger partial charge in [0.15, 0.2) is 0 Å². The van der Waals surface area contributed by atoms with Crippen LogP contribution in [0.15, 0.2) is 29.2 Å². The van der Waals surface area contributed by atoms with E-state index in [-0.39, 0.29) is 6.10 Å². The van der Waals surface area contributed by atoms with Crippen LogP contribution in [-0.2, 0) is 14.8 Å². The lowest BCUT2D eigenvalue weighted by Crippen LogP contribution is -2.27. The molecule has 1 heterocycles. The van der Waals surface area contributed by atoms with Gasteiger partial charge in [0.25, 0.3) is 0 Å². The Balaban J connectivity index is 1.88. The number of nitrogens with one attached hydrogen (secondary N) is 2. The van der Waals surface area contributed by atoms with Gasteiger partial charge in [-0.2, -0.15) is 0 Å². The van der Waals surface area contributed by atoms with Gasteiger partial charge in [0.2, 0.25) is 10.0 Å². The molecule has 0 radical (unpaired) electrons. The van der Waals surface area contributed by atoms with E-state index >= 15 is 0 Å². The first-order chi connectivity index (χ1) is 9.62. The van der Waals surface area contributed by atoms with Crippen LogP contribution in [0.3, 0.4) is 0 Å². The molecule has 1 unspecified atom stereocenters. The van der Waals surface area contributed by atoms with Crippen molar-refractivity contribution in [3.8, 4) is 0 Å². The van der Waals surface area contributed by atoms with Gasteiger partial charge in [-0.3, -0.25) is 0 Å². The van der Waals surface area contributed by atoms with Crippen LogP contribution >= 0.6 is 0 Å². The van der Waals surface area contributed by atoms with E-state index in [2.05, 4.69) is 10.0 Å². The molecule has 0 aliphatic carbocycles. The molecule has 20 heavy (non-hydrogen) atoms. The van der Waals surface area contributed by atoms with E-state index in [0.29, 0.717) is 11.4 Å². The molecule has 1 saturated heterocycles. The van der Waals surface area contributed by atoms with Gasteiger partial charge >= 0.3 is 0 Å². The van der Waals surface area contributed by atoms with Gasteiger partial charge in [0.05, 0.1) is 11.0 Å². The Labute approximate surface area is 120 Å². The molecular formula is C14H22N2O3S. The van der Waals surface area contributed by atoms with E-state index in [9.17, 15) is 8.42 Å². The topological polar surface area (TPSA) is 67.4 Å². The Hall–Kier alpha value is -1.11. The first kappa shape index (κ1) is 15.3. The normalized spacial score (nSPS) is 19.1. The Kier molecular flexibility index (Phi) is 5.39. The summed E-state index contributed by atoms with van der Waals surface area (Å²) in [6.45, 7) is 4.02. The summed E-state index contributed by atoms with van der Waals surface area (Å²) in [6.07, 6.45) is 3.03. The molecular weight excluding hydrogens is 276 g/mol. The monoisotopic (exact) mass is 298 g/mol. The van der Waals surface area contributed by atoms with Gasteiger partial charge < -0.3 is 10.1 Å². The number of rotatable bonds is 7. The summed E-state index contributed by atoms with van der Waals surface area (Å²) in [5, 5.41) is 3.13. The van der Waals surface area contributed by atoms with Gasteiger partial charge in [-0.25, -0.2) is 13.1 Å². The van der Waals surface area contributed by atoms with Crippen LogP contribution in [-0.4, -0.2) is 34.2 Å². The summed E-state index contributed by atoms with van der Waals surface area (Å²) < 4.78 is 32.3. The SMILES string of the molecule is CCNc1ccc(S(=O)(=O)NCCC2CCCO2)cc1. The molecule has 1 atom stereocenters. The summed E-state index contributed by atoms with van der Waals surface area (Å²) in [5.74, 6) is 0. The van der Waals surface area contributed by atoms with Crippen LogP contribution in [0.5, 0.6) is 0 Å². The Morgan fingerprint density at radius 2 is 2.05 bits per heavy atom. The number of hydrogen-bond donors (Lipinski definition) is 2. The predicted molar refractivity (Wildman–Crippen MR) is 79.4 cm³/mol. The summed E-state index contributed by atoms with van der Waals surface area (Å²) in [7, 11) is -3.42. The highest BCUT2D eigenvalue weighted by molar-refractivity contribution is 7.89. The molecule has 0 amide bonds. The van der Waals surface area contributed by atoms with Gasteiger partial charge in [-0.1, -0.05) is 0 Å². The van der Waals surface area contributed by atoms with Gasteiger partial charge in [0.1, 0.15) is 0 Å². The van der Waals surface area contributed by atoms with Crippen molar-refractivity contribution in [2.75, 3.05) is 25.0 Å².